The number of methoxy groups -OCH3 is 1. The second-order valence-corrected chi connectivity index (χ2v) is 9.01. The minimum Gasteiger partial charge on any atom is -0.394 e. The average Bonchev–Trinajstić information content (AvgIpc) is 3.27. The van der Waals surface area contributed by atoms with Gasteiger partial charge < -0.3 is 19.6 Å². The molecule has 1 N–H and O–H groups in total. The number of anilines is 1. The molecule has 2 heterocycles. The second-order valence-electron chi connectivity index (χ2n) is 9.01. The first-order chi connectivity index (χ1) is 15.5. The summed E-state index contributed by atoms with van der Waals surface area (Å²) in [7, 11) is 1.70. The molecule has 0 aromatic heterocycles. The summed E-state index contributed by atoms with van der Waals surface area (Å²) in [5.41, 5.74) is 2.01. The van der Waals surface area contributed by atoms with Crippen molar-refractivity contribution in [3.63, 3.8) is 0 Å². The van der Waals surface area contributed by atoms with Crippen LogP contribution >= 0.6 is 0 Å². The maximum Gasteiger partial charge on any atom is 0.226 e. The largest absolute Gasteiger partial charge is 0.394 e. The Kier molecular flexibility index (Phi) is 9.30. The van der Waals surface area contributed by atoms with E-state index in [4.69, 9.17) is 4.74 Å². The third-order valence-corrected chi connectivity index (χ3v) is 6.73. The van der Waals surface area contributed by atoms with Crippen molar-refractivity contribution in [1.29, 1.82) is 0 Å². The lowest BCUT2D eigenvalue weighted by Crippen LogP contribution is -2.37. The molecular weight excluding hydrogens is 404 g/mol. The molecule has 6 nitrogen and oxygen atoms in total. The molecule has 2 amide bonds. The first-order valence-corrected chi connectivity index (χ1v) is 12.0. The summed E-state index contributed by atoms with van der Waals surface area (Å²) in [6.07, 6.45) is 11.0. The number of benzene rings is 1. The second kappa shape index (κ2) is 12.2. The van der Waals surface area contributed by atoms with Gasteiger partial charge >= 0.3 is 0 Å². The van der Waals surface area contributed by atoms with Gasteiger partial charge in [-0.3, -0.25) is 9.59 Å². The zero-order valence-electron chi connectivity index (χ0n) is 19.5. The average molecular weight is 443 g/mol. The van der Waals surface area contributed by atoms with E-state index in [0.717, 1.165) is 56.4 Å². The van der Waals surface area contributed by atoms with Crippen LogP contribution in [0, 0.1) is 5.92 Å². The van der Waals surface area contributed by atoms with Gasteiger partial charge in [-0.05, 0) is 43.4 Å². The van der Waals surface area contributed by atoms with Crippen LogP contribution in [0.4, 0.5) is 5.69 Å². The van der Waals surface area contributed by atoms with Gasteiger partial charge in [0.25, 0.3) is 0 Å². The van der Waals surface area contributed by atoms with Crippen molar-refractivity contribution in [2.75, 3.05) is 31.7 Å². The summed E-state index contributed by atoms with van der Waals surface area (Å²) < 4.78 is 5.77. The third-order valence-electron chi connectivity index (χ3n) is 6.73. The number of carbonyl (C=O) groups excluding carboxylic acids is 2. The van der Waals surface area contributed by atoms with Crippen LogP contribution in [0.1, 0.15) is 70.0 Å². The normalized spacial score (nSPS) is 22.1. The van der Waals surface area contributed by atoms with E-state index in [0.29, 0.717) is 12.8 Å². The molecular formula is C26H38N2O4. The standard InChI is InChI=1S/C26H38N2O4/c1-20(9-7-12-25(31)28-18-8-10-23(28)19-29)26(32-2)21-13-15-22(16-14-21)27-17-6-4-3-5-11-24(27)30/h7,9,13-16,20,23,26,29H,3-6,8,10-12,17-19H2,1-2H3/b9-7+/t20-,23+,26+/m1/s1. The van der Waals surface area contributed by atoms with Crippen molar-refractivity contribution in [2.24, 2.45) is 5.92 Å². The Bertz CT molecular complexity index is 777. The molecule has 3 atom stereocenters. The van der Waals surface area contributed by atoms with Gasteiger partial charge in [0.15, 0.2) is 0 Å². The van der Waals surface area contributed by atoms with Crippen LogP contribution in [-0.2, 0) is 14.3 Å². The highest BCUT2D eigenvalue weighted by Gasteiger charge is 2.27. The fourth-order valence-electron chi connectivity index (χ4n) is 4.89. The van der Waals surface area contributed by atoms with E-state index in [1.165, 1.54) is 6.42 Å². The first kappa shape index (κ1) is 24.5. The van der Waals surface area contributed by atoms with Crippen LogP contribution in [0.2, 0.25) is 0 Å². The van der Waals surface area contributed by atoms with Crippen LogP contribution in [0.5, 0.6) is 0 Å². The molecule has 2 saturated heterocycles. The number of aliphatic hydroxyl groups is 1. The molecule has 0 unspecified atom stereocenters. The predicted octanol–water partition coefficient (Wildman–Crippen LogP) is 4.24. The van der Waals surface area contributed by atoms with Crippen molar-refractivity contribution in [3.05, 3.63) is 42.0 Å². The van der Waals surface area contributed by atoms with Gasteiger partial charge in [-0.1, -0.05) is 44.1 Å². The molecule has 2 aliphatic heterocycles. The van der Waals surface area contributed by atoms with Gasteiger partial charge in [-0.2, -0.15) is 0 Å². The Morgan fingerprint density at radius 1 is 1.16 bits per heavy atom. The zero-order chi connectivity index (χ0) is 22.9. The molecule has 6 heteroatoms. The van der Waals surface area contributed by atoms with E-state index in [1.807, 2.05) is 41.3 Å². The molecule has 176 valence electrons. The fourth-order valence-corrected chi connectivity index (χ4v) is 4.89. The molecule has 0 aliphatic carbocycles. The molecule has 1 aromatic carbocycles. The quantitative estimate of drug-likeness (QED) is 0.612. The minimum atomic E-state index is -0.129. The molecule has 0 spiro atoms. The Labute approximate surface area is 192 Å². The monoisotopic (exact) mass is 442 g/mol. The molecule has 2 fully saturated rings. The summed E-state index contributed by atoms with van der Waals surface area (Å²) in [6, 6.07) is 8.09. The van der Waals surface area contributed by atoms with E-state index in [2.05, 4.69) is 6.92 Å². The van der Waals surface area contributed by atoms with E-state index in [9.17, 15) is 14.7 Å². The summed E-state index contributed by atoms with van der Waals surface area (Å²) in [4.78, 5) is 28.7. The molecule has 0 bridgehead atoms. The van der Waals surface area contributed by atoms with Crippen molar-refractivity contribution in [1.82, 2.24) is 4.90 Å². The van der Waals surface area contributed by atoms with Crippen LogP contribution in [-0.4, -0.2) is 54.7 Å². The molecule has 1 aromatic rings. The smallest absolute Gasteiger partial charge is 0.226 e. The Hall–Kier alpha value is -2.18. The van der Waals surface area contributed by atoms with Gasteiger partial charge in [-0.25, -0.2) is 0 Å². The van der Waals surface area contributed by atoms with Crippen molar-refractivity contribution in [3.8, 4) is 0 Å². The summed E-state index contributed by atoms with van der Waals surface area (Å²) >= 11 is 0. The van der Waals surface area contributed by atoms with Gasteiger partial charge in [0.2, 0.25) is 11.8 Å². The van der Waals surface area contributed by atoms with Crippen molar-refractivity contribution in [2.45, 2.75) is 70.4 Å². The Morgan fingerprint density at radius 3 is 2.62 bits per heavy atom. The molecule has 0 saturated carbocycles. The molecule has 2 aliphatic rings. The maximum atomic E-state index is 12.5. The Balaban J connectivity index is 1.59. The fraction of sp³-hybridized carbons (Fsp3) is 0.615. The van der Waals surface area contributed by atoms with Gasteiger partial charge in [0.05, 0.1) is 18.8 Å². The van der Waals surface area contributed by atoms with Crippen LogP contribution in [0.25, 0.3) is 0 Å². The van der Waals surface area contributed by atoms with Crippen molar-refractivity contribution < 1.29 is 19.4 Å². The van der Waals surface area contributed by atoms with E-state index in [1.54, 1.807) is 12.0 Å². The number of amides is 2. The number of hydrogen-bond donors (Lipinski definition) is 1. The van der Waals surface area contributed by atoms with Gasteiger partial charge in [0.1, 0.15) is 0 Å². The van der Waals surface area contributed by atoms with Gasteiger partial charge in [-0.15, -0.1) is 0 Å². The van der Waals surface area contributed by atoms with Crippen molar-refractivity contribution >= 4 is 17.5 Å². The summed E-state index contributed by atoms with van der Waals surface area (Å²) in [5, 5.41) is 9.42. The molecule has 32 heavy (non-hydrogen) atoms. The van der Waals surface area contributed by atoms with E-state index >= 15 is 0 Å². The number of hydrogen-bond acceptors (Lipinski definition) is 4. The maximum absolute atomic E-state index is 12.5. The number of rotatable bonds is 8. The lowest BCUT2D eigenvalue weighted by Gasteiger charge is -2.26. The van der Waals surface area contributed by atoms with Crippen LogP contribution in [0.15, 0.2) is 36.4 Å². The lowest BCUT2D eigenvalue weighted by atomic mass is 9.96. The van der Waals surface area contributed by atoms with Gasteiger partial charge in [0, 0.05) is 44.6 Å². The highest BCUT2D eigenvalue weighted by molar-refractivity contribution is 5.93. The topological polar surface area (TPSA) is 70.1 Å². The highest BCUT2D eigenvalue weighted by atomic mass is 16.5. The number of aliphatic hydroxyl groups excluding tert-OH is 1. The SMILES string of the molecule is CO[C@H](c1ccc(N2CCCCCCC2=O)cc1)[C@H](C)/C=C/CC(=O)N1CCC[C@H]1CO. The highest BCUT2D eigenvalue weighted by Crippen LogP contribution is 2.29. The lowest BCUT2D eigenvalue weighted by molar-refractivity contribution is -0.131. The minimum absolute atomic E-state index is 0.0287. The van der Waals surface area contributed by atoms with Crippen LogP contribution < -0.4 is 4.90 Å². The molecule has 0 radical (unpaired) electrons. The number of likely N-dealkylation sites (tertiary alicyclic amines) is 1. The first-order valence-electron chi connectivity index (χ1n) is 12.0. The number of nitrogens with zero attached hydrogens (tertiary/aromatic N) is 2. The zero-order valence-corrected chi connectivity index (χ0v) is 19.5. The molecule has 3 rings (SSSR count). The summed E-state index contributed by atoms with van der Waals surface area (Å²) in [5.74, 6) is 0.374. The third kappa shape index (κ3) is 6.20. The number of ether oxygens (including phenoxy) is 1. The van der Waals surface area contributed by atoms with Crippen LogP contribution in [0.3, 0.4) is 0 Å². The number of carbonyl (C=O) groups is 2. The summed E-state index contributed by atoms with van der Waals surface area (Å²) in [6.45, 7) is 3.64. The van der Waals surface area contributed by atoms with E-state index in [-0.39, 0.29) is 36.5 Å². The Morgan fingerprint density at radius 2 is 1.91 bits per heavy atom. The predicted molar refractivity (Wildman–Crippen MR) is 126 cm³/mol. The van der Waals surface area contributed by atoms with E-state index < -0.39 is 0 Å².